The van der Waals surface area contributed by atoms with Gasteiger partial charge in [0.25, 0.3) is 5.91 Å². The molecule has 0 aliphatic rings. The number of nitrogens with one attached hydrogen (secondary N) is 1. The van der Waals surface area contributed by atoms with E-state index < -0.39 is 18.0 Å². The zero-order chi connectivity index (χ0) is 16.7. The van der Waals surface area contributed by atoms with E-state index in [2.05, 4.69) is 27.8 Å². The van der Waals surface area contributed by atoms with Gasteiger partial charge in [0.2, 0.25) is 0 Å². The van der Waals surface area contributed by atoms with Crippen LogP contribution in [0.5, 0.6) is 11.5 Å². The van der Waals surface area contributed by atoms with Gasteiger partial charge in [-0.05, 0) is 35.0 Å². The normalized spacial score (nSPS) is 11.3. The molecular formula is C15H18BrNO5. The predicted octanol–water partition coefficient (Wildman–Crippen LogP) is 2.31. The fourth-order valence-corrected chi connectivity index (χ4v) is 2.14. The molecule has 0 radical (unpaired) electrons. The zero-order valence-electron chi connectivity index (χ0n) is 12.6. The van der Waals surface area contributed by atoms with E-state index in [4.69, 9.17) is 14.2 Å². The van der Waals surface area contributed by atoms with Gasteiger partial charge in [0.1, 0.15) is 16.0 Å². The molecule has 0 bridgehead atoms. The Balaban J connectivity index is 2.89. The fourth-order valence-electron chi connectivity index (χ4n) is 1.59. The van der Waals surface area contributed by atoms with E-state index in [1.165, 1.54) is 39.4 Å². The first-order chi connectivity index (χ1) is 10.4. The summed E-state index contributed by atoms with van der Waals surface area (Å²) in [6, 6.07) is 3.01. The Labute approximate surface area is 137 Å². The van der Waals surface area contributed by atoms with Crippen molar-refractivity contribution in [3.8, 4) is 11.5 Å². The Morgan fingerprint density at radius 3 is 2.32 bits per heavy atom. The first-order valence-corrected chi connectivity index (χ1v) is 7.25. The first-order valence-electron chi connectivity index (χ1n) is 6.45. The van der Waals surface area contributed by atoms with Crippen LogP contribution in [0.15, 0.2) is 29.3 Å². The molecule has 0 aliphatic carbocycles. The average Bonchev–Trinajstić information content (AvgIpc) is 2.52. The number of carbonyl (C=O) groups excluding carboxylic acids is 2. The van der Waals surface area contributed by atoms with Gasteiger partial charge in [0, 0.05) is 6.54 Å². The average molecular weight is 372 g/mol. The molecule has 120 valence electrons. The SMILES string of the molecule is C=CCNC(=O)[C@H](C)OC(=O)c1cc(OC)c(Br)c(OC)c1. The predicted molar refractivity (Wildman–Crippen MR) is 85.3 cm³/mol. The van der Waals surface area contributed by atoms with Crippen LogP contribution in [-0.4, -0.2) is 38.7 Å². The highest BCUT2D eigenvalue weighted by molar-refractivity contribution is 9.10. The molecule has 1 atom stereocenters. The maximum absolute atomic E-state index is 12.1. The Bertz CT molecular complexity index is 548. The van der Waals surface area contributed by atoms with E-state index in [9.17, 15) is 9.59 Å². The van der Waals surface area contributed by atoms with Crippen LogP contribution in [0, 0.1) is 0 Å². The summed E-state index contributed by atoms with van der Waals surface area (Å²) in [7, 11) is 2.94. The number of amides is 1. The van der Waals surface area contributed by atoms with Crippen LogP contribution >= 0.6 is 15.9 Å². The number of methoxy groups -OCH3 is 2. The van der Waals surface area contributed by atoms with Gasteiger partial charge < -0.3 is 19.5 Å². The van der Waals surface area contributed by atoms with Crippen molar-refractivity contribution in [1.82, 2.24) is 5.32 Å². The van der Waals surface area contributed by atoms with Crippen LogP contribution in [0.4, 0.5) is 0 Å². The standard InChI is InChI=1S/C15H18BrNO5/c1-5-6-17-14(18)9(2)22-15(19)10-7-11(20-3)13(16)12(8-10)21-4/h5,7-9H,1,6H2,2-4H3,(H,17,18)/t9-/m0/s1. The molecule has 1 rings (SSSR count). The Hall–Kier alpha value is -2.02. The summed E-state index contributed by atoms with van der Waals surface area (Å²) in [6.45, 7) is 5.29. The highest BCUT2D eigenvalue weighted by Crippen LogP contribution is 2.35. The maximum Gasteiger partial charge on any atom is 0.339 e. The van der Waals surface area contributed by atoms with Crippen LogP contribution in [0.1, 0.15) is 17.3 Å². The van der Waals surface area contributed by atoms with E-state index in [-0.39, 0.29) is 5.56 Å². The number of rotatable bonds is 7. The van der Waals surface area contributed by atoms with Crippen LogP contribution in [0.3, 0.4) is 0 Å². The second-order valence-electron chi connectivity index (χ2n) is 4.28. The molecule has 1 N–H and O–H groups in total. The van der Waals surface area contributed by atoms with E-state index in [1.54, 1.807) is 0 Å². The molecule has 0 fully saturated rings. The number of ether oxygens (including phenoxy) is 3. The van der Waals surface area contributed by atoms with Gasteiger partial charge in [-0.2, -0.15) is 0 Å². The molecule has 0 saturated carbocycles. The minimum absolute atomic E-state index is 0.222. The molecule has 6 nitrogen and oxygen atoms in total. The smallest absolute Gasteiger partial charge is 0.339 e. The van der Waals surface area contributed by atoms with Crippen molar-refractivity contribution in [2.45, 2.75) is 13.0 Å². The molecule has 0 unspecified atom stereocenters. The van der Waals surface area contributed by atoms with Crippen molar-refractivity contribution in [2.24, 2.45) is 0 Å². The maximum atomic E-state index is 12.1. The summed E-state index contributed by atoms with van der Waals surface area (Å²) in [5.74, 6) is -0.195. The molecule has 1 aromatic rings. The number of hydrogen-bond donors (Lipinski definition) is 1. The summed E-state index contributed by atoms with van der Waals surface area (Å²) in [6.07, 6.45) is 0.616. The molecule has 0 aromatic heterocycles. The monoisotopic (exact) mass is 371 g/mol. The van der Waals surface area contributed by atoms with Crippen molar-refractivity contribution in [1.29, 1.82) is 0 Å². The largest absolute Gasteiger partial charge is 0.495 e. The molecule has 0 spiro atoms. The summed E-state index contributed by atoms with van der Waals surface area (Å²) in [5.41, 5.74) is 0.222. The number of esters is 1. The second kappa shape index (κ2) is 8.43. The van der Waals surface area contributed by atoms with Crippen molar-refractivity contribution >= 4 is 27.8 Å². The van der Waals surface area contributed by atoms with Crippen molar-refractivity contribution in [3.63, 3.8) is 0 Å². The van der Waals surface area contributed by atoms with Gasteiger partial charge in [0.05, 0.1) is 19.8 Å². The van der Waals surface area contributed by atoms with Gasteiger partial charge in [-0.15, -0.1) is 6.58 Å². The highest BCUT2D eigenvalue weighted by Gasteiger charge is 2.21. The Kier molecular flexibility index (Phi) is 6.91. The molecule has 0 saturated heterocycles. The zero-order valence-corrected chi connectivity index (χ0v) is 14.2. The van der Waals surface area contributed by atoms with Crippen molar-refractivity contribution < 1.29 is 23.8 Å². The summed E-state index contributed by atoms with van der Waals surface area (Å²) < 4.78 is 16.0. The minimum atomic E-state index is -0.923. The molecule has 7 heteroatoms. The van der Waals surface area contributed by atoms with Crippen LogP contribution in [0.25, 0.3) is 0 Å². The van der Waals surface area contributed by atoms with Gasteiger partial charge in [0.15, 0.2) is 6.10 Å². The Morgan fingerprint density at radius 1 is 1.32 bits per heavy atom. The lowest BCUT2D eigenvalue weighted by atomic mass is 10.2. The fraction of sp³-hybridized carbons (Fsp3) is 0.333. The van der Waals surface area contributed by atoms with E-state index in [1.807, 2.05) is 0 Å². The Morgan fingerprint density at radius 2 is 1.86 bits per heavy atom. The molecule has 22 heavy (non-hydrogen) atoms. The third-order valence-electron chi connectivity index (χ3n) is 2.76. The quantitative estimate of drug-likeness (QED) is 0.588. The highest BCUT2D eigenvalue weighted by atomic mass is 79.9. The number of halogens is 1. The number of carbonyl (C=O) groups is 2. The van der Waals surface area contributed by atoms with Crippen molar-refractivity contribution in [2.75, 3.05) is 20.8 Å². The van der Waals surface area contributed by atoms with Crippen LogP contribution in [0.2, 0.25) is 0 Å². The lowest BCUT2D eigenvalue weighted by molar-refractivity contribution is -0.128. The van der Waals surface area contributed by atoms with Gasteiger partial charge >= 0.3 is 5.97 Å². The molecule has 0 heterocycles. The van der Waals surface area contributed by atoms with Gasteiger partial charge in [-0.1, -0.05) is 6.08 Å². The van der Waals surface area contributed by atoms with Crippen LogP contribution < -0.4 is 14.8 Å². The van der Waals surface area contributed by atoms with E-state index in [0.717, 1.165) is 0 Å². The lowest BCUT2D eigenvalue weighted by Gasteiger charge is -2.14. The number of hydrogen-bond acceptors (Lipinski definition) is 5. The second-order valence-corrected chi connectivity index (χ2v) is 5.07. The summed E-state index contributed by atoms with van der Waals surface area (Å²) in [4.78, 5) is 23.8. The number of benzene rings is 1. The first kappa shape index (κ1) is 18.0. The van der Waals surface area contributed by atoms with E-state index >= 15 is 0 Å². The van der Waals surface area contributed by atoms with E-state index in [0.29, 0.717) is 22.5 Å². The van der Waals surface area contributed by atoms with Gasteiger partial charge in [-0.3, -0.25) is 4.79 Å². The lowest BCUT2D eigenvalue weighted by Crippen LogP contribution is -2.35. The topological polar surface area (TPSA) is 73.9 Å². The molecule has 1 amide bonds. The summed E-state index contributed by atoms with van der Waals surface area (Å²) >= 11 is 3.31. The van der Waals surface area contributed by atoms with Crippen LogP contribution in [-0.2, 0) is 9.53 Å². The molecule has 0 aliphatic heterocycles. The third-order valence-corrected chi connectivity index (χ3v) is 3.54. The minimum Gasteiger partial charge on any atom is -0.495 e. The molecule has 1 aromatic carbocycles. The van der Waals surface area contributed by atoms with Gasteiger partial charge in [-0.25, -0.2) is 4.79 Å². The van der Waals surface area contributed by atoms with Crippen molar-refractivity contribution in [3.05, 3.63) is 34.8 Å². The third kappa shape index (κ3) is 4.49. The summed E-state index contributed by atoms with van der Waals surface area (Å²) in [5, 5.41) is 2.55. The molecular weight excluding hydrogens is 354 g/mol.